The van der Waals surface area contributed by atoms with Crippen molar-refractivity contribution >= 4 is 11.8 Å². The van der Waals surface area contributed by atoms with Crippen molar-refractivity contribution in [3.05, 3.63) is 71.8 Å². The minimum absolute atomic E-state index is 0.125. The number of fused-ring (bicyclic) bond motifs is 3. The Morgan fingerprint density at radius 2 is 1.97 bits per heavy atom. The van der Waals surface area contributed by atoms with Crippen LogP contribution in [0.15, 0.2) is 60.7 Å². The van der Waals surface area contributed by atoms with Gasteiger partial charge in [-0.25, -0.2) is 0 Å². The van der Waals surface area contributed by atoms with E-state index in [4.69, 9.17) is 9.47 Å². The van der Waals surface area contributed by atoms with E-state index in [0.29, 0.717) is 51.8 Å². The zero-order chi connectivity index (χ0) is 25.6. The topological polar surface area (TPSA) is 71.1 Å². The van der Waals surface area contributed by atoms with Crippen LogP contribution in [0.3, 0.4) is 0 Å². The molecule has 2 fully saturated rings. The van der Waals surface area contributed by atoms with Gasteiger partial charge in [-0.3, -0.25) is 14.5 Å². The van der Waals surface area contributed by atoms with E-state index in [-0.39, 0.29) is 23.7 Å². The van der Waals surface area contributed by atoms with E-state index < -0.39 is 0 Å². The number of benzene rings is 2. The Kier molecular flexibility index (Phi) is 8.09. The first-order chi connectivity index (χ1) is 18.1. The normalized spacial score (nSPS) is 23.5. The summed E-state index contributed by atoms with van der Waals surface area (Å²) < 4.78 is 11.6. The lowest BCUT2D eigenvalue weighted by Gasteiger charge is -2.38. The molecule has 1 saturated carbocycles. The minimum atomic E-state index is 0.125. The summed E-state index contributed by atoms with van der Waals surface area (Å²) in [5.74, 6) is 2.26. The van der Waals surface area contributed by atoms with E-state index >= 15 is 0 Å². The van der Waals surface area contributed by atoms with E-state index in [9.17, 15) is 9.59 Å². The third-order valence-corrected chi connectivity index (χ3v) is 7.53. The molecule has 7 heteroatoms. The van der Waals surface area contributed by atoms with Crippen molar-refractivity contribution in [2.45, 2.75) is 44.8 Å². The van der Waals surface area contributed by atoms with Crippen LogP contribution in [0.25, 0.3) is 0 Å². The second-order valence-electron chi connectivity index (χ2n) is 10.4. The number of piperidine rings is 1. The largest absolute Gasteiger partial charge is 0.497 e. The van der Waals surface area contributed by atoms with Crippen molar-refractivity contribution in [3.8, 4) is 11.5 Å². The summed E-state index contributed by atoms with van der Waals surface area (Å²) in [6.45, 7) is 3.31. The average Bonchev–Trinajstić information content (AvgIpc) is 3.71. The Balaban J connectivity index is 1.36. The van der Waals surface area contributed by atoms with Crippen molar-refractivity contribution in [1.82, 2.24) is 15.1 Å². The van der Waals surface area contributed by atoms with E-state index in [2.05, 4.69) is 28.4 Å². The number of hydrogen-bond donors (Lipinski definition) is 1. The second kappa shape index (κ2) is 11.8. The summed E-state index contributed by atoms with van der Waals surface area (Å²) in [5.41, 5.74) is 2.15. The number of nitrogens with zero attached hydrogens (tertiary/aromatic N) is 2. The van der Waals surface area contributed by atoms with Gasteiger partial charge in [0.05, 0.1) is 13.7 Å². The Labute approximate surface area is 219 Å². The van der Waals surface area contributed by atoms with Gasteiger partial charge >= 0.3 is 0 Å². The summed E-state index contributed by atoms with van der Waals surface area (Å²) in [7, 11) is 1.67. The molecule has 5 rings (SSSR count). The van der Waals surface area contributed by atoms with Crippen LogP contribution in [-0.2, 0) is 22.7 Å². The molecule has 1 aliphatic carbocycles. The highest BCUT2D eigenvalue weighted by atomic mass is 16.5. The SMILES string of the molecule is COc1cccc(CN2CC(=O)N3CC[C@@H](CC(=O)NC4CC4)[C@@H](/C=C/COc4ccccc4C2)C3)c1. The standard InChI is InChI=1S/C30H37N3O4/c1-36-27-9-4-6-22(16-27)18-32-19-25-7-2-3-10-28(25)37-15-5-8-24-20-33(30(35)21-32)14-13-23(24)17-29(34)31-26-11-12-26/h2-10,16,23-24,26H,11-15,17-21H2,1H3,(H,31,34)/b8-5+/t23-,24-/m0/s1. The first-order valence-corrected chi connectivity index (χ1v) is 13.4. The molecule has 2 heterocycles. The van der Waals surface area contributed by atoms with Crippen LogP contribution < -0.4 is 14.8 Å². The number of nitrogens with one attached hydrogen (secondary N) is 1. The molecular formula is C30H37N3O4. The number of para-hydroxylation sites is 1. The zero-order valence-corrected chi connectivity index (χ0v) is 21.6. The second-order valence-corrected chi connectivity index (χ2v) is 10.4. The number of ether oxygens (including phenoxy) is 2. The van der Waals surface area contributed by atoms with E-state index in [1.54, 1.807) is 7.11 Å². The molecule has 2 aromatic rings. The molecule has 1 N–H and O–H groups in total. The monoisotopic (exact) mass is 503 g/mol. The highest BCUT2D eigenvalue weighted by molar-refractivity contribution is 5.79. The van der Waals surface area contributed by atoms with Crippen LogP contribution in [-0.4, -0.2) is 61.0 Å². The smallest absolute Gasteiger partial charge is 0.236 e. The van der Waals surface area contributed by atoms with Gasteiger partial charge in [-0.05, 0) is 54.9 Å². The molecule has 7 nitrogen and oxygen atoms in total. The Hall–Kier alpha value is -3.32. The number of carbonyl (C=O) groups is 2. The number of hydrogen-bond acceptors (Lipinski definition) is 5. The quantitative estimate of drug-likeness (QED) is 0.608. The number of methoxy groups -OCH3 is 1. The molecule has 1 saturated heterocycles. The Morgan fingerprint density at radius 1 is 1.11 bits per heavy atom. The number of rotatable bonds is 6. The summed E-state index contributed by atoms with van der Waals surface area (Å²) in [4.78, 5) is 30.3. The minimum Gasteiger partial charge on any atom is -0.497 e. The molecular weight excluding hydrogens is 466 g/mol. The van der Waals surface area contributed by atoms with Crippen molar-refractivity contribution < 1.29 is 19.1 Å². The van der Waals surface area contributed by atoms with Gasteiger partial charge in [0.25, 0.3) is 0 Å². The van der Waals surface area contributed by atoms with Crippen LogP contribution >= 0.6 is 0 Å². The molecule has 2 atom stereocenters. The van der Waals surface area contributed by atoms with Gasteiger partial charge in [0.2, 0.25) is 11.8 Å². The lowest BCUT2D eigenvalue weighted by molar-refractivity contribution is -0.135. The van der Waals surface area contributed by atoms with Crippen LogP contribution in [0, 0.1) is 11.8 Å². The van der Waals surface area contributed by atoms with Gasteiger partial charge in [0, 0.05) is 44.2 Å². The maximum Gasteiger partial charge on any atom is 0.236 e. The van der Waals surface area contributed by atoms with E-state index in [1.807, 2.05) is 47.4 Å². The van der Waals surface area contributed by atoms with Crippen molar-refractivity contribution in [2.24, 2.45) is 11.8 Å². The van der Waals surface area contributed by atoms with Crippen LogP contribution in [0.5, 0.6) is 11.5 Å². The summed E-state index contributed by atoms with van der Waals surface area (Å²) in [6, 6.07) is 16.4. The summed E-state index contributed by atoms with van der Waals surface area (Å²) in [5, 5.41) is 3.12. The van der Waals surface area contributed by atoms with Gasteiger partial charge in [-0.2, -0.15) is 0 Å². The van der Waals surface area contributed by atoms with Crippen LogP contribution in [0.2, 0.25) is 0 Å². The maximum atomic E-state index is 13.6. The first kappa shape index (κ1) is 25.3. The van der Waals surface area contributed by atoms with Gasteiger partial charge in [0.1, 0.15) is 18.1 Å². The fourth-order valence-electron chi connectivity index (χ4n) is 5.35. The first-order valence-electron chi connectivity index (χ1n) is 13.4. The lowest BCUT2D eigenvalue weighted by atomic mass is 9.82. The zero-order valence-electron chi connectivity index (χ0n) is 21.6. The molecule has 0 radical (unpaired) electrons. The van der Waals surface area contributed by atoms with Gasteiger partial charge in [0.15, 0.2) is 0 Å². The molecule has 2 aromatic carbocycles. The fraction of sp³-hybridized carbons (Fsp3) is 0.467. The average molecular weight is 504 g/mol. The van der Waals surface area contributed by atoms with E-state index in [1.165, 1.54) is 0 Å². The van der Waals surface area contributed by atoms with Crippen molar-refractivity contribution in [3.63, 3.8) is 0 Å². The van der Waals surface area contributed by atoms with E-state index in [0.717, 1.165) is 41.9 Å². The fourth-order valence-corrected chi connectivity index (χ4v) is 5.35. The maximum absolute atomic E-state index is 13.6. The van der Waals surface area contributed by atoms with Gasteiger partial charge < -0.3 is 19.7 Å². The highest BCUT2D eigenvalue weighted by Gasteiger charge is 2.33. The predicted octanol–water partition coefficient (Wildman–Crippen LogP) is 3.78. The highest BCUT2D eigenvalue weighted by Crippen LogP contribution is 2.30. The Bertz CT molecular complexity index is 1130. The van der Waals surface area contributed by atoms with Crippen LogP contribution in [0.1, 0.15) is 36.8 Å². The third kappa shape index (κ3) is 6.92. The predicted molar refractivity (Wildman–Crippen MR) is 142 cm³/mol. The molecule has 3 aliphatic rings. The summed E-state index contributed by atoms with van der Waals surface area (Å²) >= 11 is 0. The molecule has 0 unspecified atom stereocenters. The molecule has 196 valence electrons. The van der Waals surface area contributed by atoms with Gasteiger partial charge in [-0.1, -0.05) is 42.5 Å². The Morgan fingerprint density at radius 3 is 2.81 bits per heavy atom. The van der Waals surface area contributed by atoms with Crippen molar-refractivity contribution in [1.29, 1.82) is 0 Å². The number of carbonyl (C=O) groups excluding carboxylic acids is 2. The third-order valence-electron chi connectivity index (χ3n) is 7.53. The molecule has 0 spiro atoms. The van der Waals surface area contributed by atoms with Crippen LogP contribution in [0.4, 0.5) is 0 Å². The molecule has 2 aliphatic heterocycles. The van der Waals surface area contributed by atoms with Gasteiger partial charge in [-0.15, -0.1) is 0 Å². The molecule has 37 heavy (non-hydrogen) atoms. The molecule has 2 amide bonds. The molecule has 2 bridgehead atoms. The molecule has 0 aromatic heterocycles. The number of amides is 2. The van der Waals surface area contributed by atoms with Crippen molar-refractivity contribution in [2.75, 3.05) is 33.4 Å². The lowest BCUT2D eigenvalue weighted by Crippen LogP contribution is -2.47. The summed E-state index contributed by atoms with van der Waals surface area (Å²) in [6.07, 6.45) is 7.73.